The monoisotopic (exact) mass is 422 g/mol. The van der Waals surface area contributed by atoms with Gasteiger partial charge in [-0.25, -0.2) is 0 Å². The van der Waals surface area contributed by atoms with Crippen LogP contribution in [0.5, 0.6) is 5.75 Å². The van der Waals surface area contributed by atoms with Crippen molar-refractivity contribution in [3.8, 4) is 5.75 Å². The quantitative estimate of drug-likeness (QED) is 0.459. The van der Waals surface area contributed by atoms with E-state index < -0.39 is 0 Å². The minimum atomic E-state index is -0.0753. The molecule has 31 heavy (non-hydrogen) atoms. The molecule has 0 N–H and O–H groups in total. The molecule has 2 aromatic rings. The zero-order valence-electron chi connectivity index (χ0n) is 18.0. The van der Waals surface area contributed by atoms with E-state index in [-0.39, 0.29) is 18.1 Å². The summed E-state index contributed by atoms with van der Waals surface area (Å²) in [5.41, 5.74) is 0.750. The number of methoxy groups -OCH3 is 1. The number of furan rings is 1. The smallest absolute Gasteiger partial charge is 0.264 e. The Bertz CT molecular complexity index is 901. The number of rotatable bonds is 8. The molecule has 0 radical (unpaired) electrons. The molecule has 1 aromatic carbocycles. The maximum atomic E-state index is 13.4. The second kappa shape index (κ2) is 8.40. The van der Waals surface area contributed by atoms with Crippen molar-refractivity contribution in [2.75, 3.05) is 13.7 Å². The van der Waals surface area contributed by atoms with Gasteiger partial charge in [0.05, 0.1) is 26.1 Å². The molecule has 0 atom stereocenters. The molecule has 1 amide bonds. The van der Waals surface area contributed by atoms with Crippen molar-refractivity contribution < 1.29 is 18.8 Å². The number of amides is 1. The van der Waals surface area contributed by atoms with Gasteiger partial charge in [0.25, 0.3) is 5.91 Å². The molecule has 4 saturated carbocycles. The van der Waals surface area contributed by atoms with Gasteiger partial charge in [0.2, 0.25) is 0 Å². The molecule has 4 aliphatic rings. The van der Waals surface area contributed by atoms with E-state index in [0.717, 1.165) is 48.3 Å². The van der Waals surface area contributed by atoms with Crippen molar-refractivity contribution in [1.82, 2.24) is 4.90 Å². The summed E-state index contributed by atoms with van der Waals surface area (Å²) in [5, 5.41) is 4.04. The number of hydrogen-bond acceptors (Lipinski definition) is 5. The van der Waals surface area contributed by atoms with E-state index in [1.54, 1.807) is 19.6 Å². The van der Waals surface area contributed by atoms with E-state index in [1.165, 1.54) is 19.3 Å². The molecule has 0 spiro atoms. The van der Waals surface area contributed by atoms with Crippen molar-refractivity contribution >= 4 is 12.1 Å². The minimum Gasteiger partial charge on any atom is -0.496 e. The van der Waals surface area contributed by atoms with Crippen LogP contribution in [0.1, 0.15) is 49.8 Å². The SMILES string of the molecule is COc1ccccc1/C=N\OCC(=O)N(Cc1ccco1)C12CC3CC(CC(C3)C1)C2. The minimum absolute atomic E-state index is 0.0180. The van der Waals surface area contributed by atoms with Crippen LogP contribution in [0.3, 0.4) is 0 Å². The molecule has 1 heterocycles. The van der Waals surface area contributed by atoms with E-state index in [9.17, 15) is 4.79 Å². The molecular formula is C25H30N2O4. The molecule has 0 saturated heterocycles. The Morgan fingerprint density at radius 1 is 1.13 bits per heavy atom. The first-order chi connectivity index (χ1) is 15.1. The second-order valence-electron chi connectivity index (χ2n) is 9.45. The predicted molar refractivity (Wildman–Crippen MR) is 117 cm³/mol. The van der Waals surface area contributed by atoms with Gasteiger partial charge >= 0.3 is 0 Å². The van der Waals surface area contributed by atoms with Crippen LogP contribution in [0.2, 0.25) is 0 Å². The lowest BCUT2D eigenvalue weighted by Crippen LogP contribution is -2.61. The number of benzene rings is 1. The normalized spacial score (nSPS) is 28.7. The van der Waals surface area contributed by atoms with Crippen LogP contribution in [0.4, 0.5) is 0 Å². The highest BCUT2D eigenvalue weighted by atomic mass is 16.6. The predicted octanol–water partition coefficient (Wildman–Crippen LogP) is 4.64. The maximum Gasteiger partial charge on any atom is 0.264 e. The maximum absolute atomic E-state index is 13.4. The van der Waals surface area contributed by atoms with Gasteiger partial charge in [0.15, 0.2) is 6.61 Å². The molecule has 6 heteroatoms. The summed E-state index contributed by atoms with van der Waals surface area (Å²) in [6.45, 7) is 0.422. The Morgan fingerprint density at radius 2 is 1.84 bits per heavy atom. The lowest BCUT2D eigenvalue weighted by Gasteiger charge is -2.60. The van der Waals surface area contributed by atoms with Gasteiger partial charge in [-0.2, -0.15) is 0 Å². The van der Waals surface area contributed by atoms with Crippen molar-refractivity contribution in [1.29, 1.82) is 0 Å². The van der Waals surface area contributed by atoms with Crippen LogP contribution >= 0.6 is 0 Å². The van der Waals surface area contributed by atoms with Gasteiger partial charge in [-0.15, -0.1) is 0 Å². The van der Waals surface area contributed by atoms with Crippen molar-refractivity contribution in [3.05, 3.63) is 54.0 Å². The van der Waals surface area contributed by atoms with Gasteiger partial charge in [0, 0.05) is 11.1 Å². The first kappa shape index (κ1) is 20.2. The number of oxime groups is 1. The topological polar surface area (TPSA) is 64.3 Å². The largest absolute Gasteiger partial charge is 0.496 e. The summed E-state index contributed by atoms with van der Waals surface area (Å²) in [5.74, 6) is 3.78. The summed E-state index contributed by atoms with van der Waals surface area (Å²) in [6, 6.07) is 11.4. The molecule has 164 valence electrons. The van der Waals surface area contributed by atoms with Gasteiger partial charge < -0.3 is 18.9 Å². The van der Waals surface area contributed by atoms with E-state index in [4.69, 9.17) is 14.0 Å². The number of carbonyl (C=O) groups excluding carboxylic acids is 1. The van der Waals surface area contributed by atoms with Crippen LogP contribution in [0, 0.1) is 17.8 Å². The number of ether oxygens (including phenoxy) is 1. The van der Waals surface area contributed by atoms with Crippen LogP contribution in [-0.4, -0.2) is 36.3 Å². The third kappa shape index (κ3) is 4.08. The number of carbonyl (C=O) groups is 1. The number of hydrogen-bond donors (Lipinski definition) is 0. The summed E-state index contributed by atoms with van der Waals surface area (Å²) in [4.78, 5) is 20.9. The fraction of sp³-hybridized carbons (Fsp3) is 0.520. The summed E-state index contributed by atoms with van der Waals surface area (Å²) < 4.78 is 10.9. The van der Waals surface area contributed by atoms with Gasteiger partial charge in [-0.05, 0) is 80.5 Å². The van der Waals surface area contributed by atoms with Crippen LogP contribution in [0.15, 0.2) is 52.2 Å². The first-order valence-corrected chi connectivity index (χ1v) is 11.3. The van der Waals surface area contributed by atoms with Gasteiger partial charge in [-0.1, -0.05) is 17.3 Å². The van der Waals surface area contributed by atoms with Crippen LogP contribution in [-0.2, 0) is 16.2 Å². The van der Waals surface area contributed by atoms with E-state index in [0.29, 0.717) is 12.3 Å². The van der Waals surface area contributed by atoms with E-state index in [1.807, 2.05) is 36.4 Å². The molecule has 6 nitrogen and oxygen atoms in total. The van der Waals surface area contributed by atoms with Gasteiger partial charge in [-0.3, -0.25) is 4.79 Å². The lowest BCUT2D eigenvalue weighted by molar-refractivity contribution is -0.157. The summed E-state index contributed by atoms with van der Waals surface area (Å²) in [7, 11) is 1.62. The molecule has 0 unspecified atom stereocenters. The van der Waals surface area contributed by atoms with Gasteiger partial charge in [0.1, 0.15) is 11.5 Å². The zero-order valence-corrected chi connectivity index (χ0v) is 18.0. The Balaban J connectivity index is 1.30. The molecule has 0 aliphatic heterocycles. The third-order valence-corrected chi connectivity index (χ3v) is 7.37. The average Bonchev–Trinajstić information content (AvgIpc) is 3.27. The first-order valence-electron chi connectivity index (χ1n) is 11.3. The number of para-hydroxylation sites is 1. The van der Waals surface area contributed by atoms with E-state index in [2.05, 4.69) is 10.1 Å². The number of nitrogens with zero attached hydrogens (tertiary/aromatic N) is 2. The fourth-order valence-corrected chi connectivity index (χ4v) is 6.51. The molecule has 6 rings (SSSR count). The Labute approximate surface area is 183 Å². The van der Waals surface area contributed by atoms with Crippen molar-refractivity contribution in [2.24, 2.45) is 22.9 Å². The van der Waals surface area contributed by atoms with Crippen LogP contribution < -0.4 is 4.74 Å². The average molecular weight is 423 g/mol. The molecule has 4 bridgehead atoms. The van der Waals surface area contributed by atoms with E-state index >= 15 is 0 Å². The second-order valence-corrected chi connectivity index (χ2v) is 9.45. The Kier molecular flexibility index (Phi) is 5.47. The molecule has 4 aliphatic carbocycles. The van der Waals surface area contributed by atoms with Crippen molar-refractivity contribution in [2.45, 2.75) is 50.6 Å². The third-order valence-electron chi connectivity index (χ3n) is 7.37. The molecule has 1 aromatic heterocycles. The van der Waals surface area contributed by atoms with Crippen molar-refractivity contribution in [3.63, 3.8) is 0 Å². The highest BCUT2D eigenvalue weighted by Crippen LogP contribution is 2.58. The fourth-order valence-electron chi connectivity index (χ4n) is 6.51. The highest BCUT2D eigenvalue weighted by Gasteiger charge is 2.54. The standard InChI is InChI=1S/C25H30N2O4/c1-29-23-7-3-2-5-21(23)15-26-31-17-24(28)27(16-22-6-4-8-30-22)25-12-18-9-19(13-25)11-20(10-18)14-25/h2-8,15,18-20H,9-14,16-17H2,1H3/b26-15-. The molecular weight excluding hydrogens is 392 g/mol. The highest BCUT2D eigenvalue weighted by molar-refractivity contribution is 5.83. The lowest BCUT2D eigenvalue weighted by atomic mass is 9.52. The summed E-state index contributed by atoms with van der Waals surface area (Å²) >= 11 is 0. The molecule has 4 fully saturated rings. The Morgan fingerprint density at radius 3 is 2.48 bits per heavy atom. The Hall–Kier alpha value is -2.76. The zero-order chi connectivity index (χ0) is 21.3. The summed E-state index contributed by atoms with van der Waals surface area (Å²) in [6.07, 6.45) is 10.6. The van der Waals surface area contributed by atoms with Crippen LogP contribution in [0.25, 0.3) is 0 Å².